The zero-order valence-electron chi connectivity index (χ0n) is 9.47. The monoisotopic (exact) mass is 285 g/mol. The van der Waals surface area contributed by atoms with Crippen LogP contribution in [0.15, 0.2) is 18.2 Å². The summed E-state index contributed by atoms with van der Waals surface area (Å²) < 4.78 is 0. The standard InChI is InChI=1S/C12H12ClNO3S/c13-9-4-8(12(16)17)1-2-10(9)14-5-7(6-18)3-11(14)15/h1-2,4,7,18H,3,5-6H2,(H,16,17). The summed E-state index contributed by atoms with van der Waals surface area (Å²) in [6, 6.07) is 4.38. The molecule has 2 rings (SSSR count). The smallest absolute Gasteiger partial charge is 0.335 e. The van der Waals surface area contributed by atoms with Crippen LogP contribution in [-0.4, -0.2) is 29.3 Å². The van der Waals surface area contributed by atoms with Gasteiger partial charge in [0.05, 0.1) is 16.3 Å². The average molecular weight is 286 g/mol. The van der Waals surface area contributed by atoms with Crippen molar-refractivity contribution in [2.24, 2.45) is 5.92 Å². The van der Waals surface area contributed by atoms with E-state index < -0.39 is 5.97 Å². The molecule has 1 aliphatic rings. The van der Waals surface area contributed by atoms with Crippen LogP contribution in [0.5, 0.6) is 0 Å². The van der Waals surface area contributed by atoms with Gasteiger partial charge in [-0.1, -0.05) is 11.6 Å². The lowest BCUT2D eigenvalue weighted by atomic mass is 10.1. The number of carbonyl (C=O) groups excluding carboxylic acids is 1. The molecule has 1 amide bonds. The van der Waals surface area contributed by atoms with Gasteiger partial charge in [0.2, 0.25) is 5.91 Å². The molecule has 6 heteroatoms. The first-order valence-corrected chi connectivity index (χ1v) is 6.48. The normalized spacial score (nSPS) is 19.3. The lowest BCUT2D eigenvalue weighted by molar-refractivity contribution is -0.117. The summed E-state index contributed by atoms with van der Waals surface area (Å²) in [5.41, 5.74) is 0.678. The van der Waals surface area contributed by atoms with Gasteiger partial charge in [-0.3, -0.25) is 4.79 Å². The van der Waals surface area contributed by atoms with E-state index in [2.05, 4.69) is 12.6 Å². The fourth-order valence-corrected chi connectivity index (χ4v) is 2.52. The number of benzene rings is 1. The Morgan fingerprint density at radius 2 is 2.28 bits per heavy atom. The molecule has 1 aliphatic heterocycles. The van der Waals surface area contributed by atoms with E-state index >= 15 is 0 Å². The number of anilines is 1. The van der Waals surface area contributed by atoms with Crippen molar-refractivity contribution in [2.45, 2.75) is 6.42 Å². The van der Waals surface area contributed by atoms with Crippen LogP contribution in [0.3, 0.4) is 0 Å². The number of carbonyl (C=O) groups is 2. The zero-order valence-corrected chi connectivity index (χ0v) is 11.1. The highest BCUT2D eigenvalue weighted by Crippen LogP contribution is 2.32. The molecule has 0 aliphatic carbocycles. The number of thiol groups is 1. The fourth-order valence-electron chi connectivity index (χ4n) is 2.00. The summed E-state index contributed by atoms with van der Waals surface area (Å²) in [4.78, 5) is 24.2. The first-order valence-electron chi connectivity index (χ1n) is 5.47. The lowest BCUT2D eigenvalue weighted by Crippen LogP contribution is -2.25. The predicted octanol–water partition coefficient (Wildman–Crippen LogP) is 2.32. The minimum absolute atomic E-state index is 0.000903. The van der Waals surface area contributed by atoms with E-state index in [4.69, 9.17) is 16.7 Å². The summed E-state index contributed by atoms with van der Waals surface area (Å²) in [6.45, 7) is 0.578. The van der Waals surface area contributed by atoms with Crippen molar-refractivity contribution in [1.82, 2.24) is 0 Å². The third-order valence-corrected chi connectivity index (χ3v) is 3.77. The highest BCUT2D eigenvalue weighted by Gasteiger charge is 2.30. The maximum Gasteiger partial charge on any atom is 0.335 e. The molecule has 0 aromatic heterocycles. The van der Waals surface area contributed by atoms with Crippen molar-refractivity contribution in [2.75, 3.05) is 17.2 Å². The maximum absolute atomic E-state index is 11.8. The van der Waals surface area contributed by atoms with Gasteiger partial charge in [0.1, 0.15) is 0 Å². The number of carboxylic acid groups (broad SMARTS) is 1. The maximum atomic E-state index is 11.8. The number of amides is 1. The summed E-state index contributed by atoms with van der Waals surface area (Å²) in [7, 11) is 0. The highest BCUT2D eigenvalue weighted by molar-refractivity contribution is 7.80. The third kappa shape index (κ3) is 2.47. The Hall–Kier alpha value is -1.20. The molecule has 1 heterocycles. The molecule has 0 spiro atoms. The van der Waals surface area contributed by atoms with Gasteiger partial charge in [0.15, 0.2) is 0 Å². The Kier molecular flexibility index (Phi) is 3.82. The molecule has 18 heavy (non-hydrogen) atoms. The molecule has 1 fully saturated rings. The van der Waals surface area contributed by atoms with Crippen molar-refractivity contribution < 1.29 is 14.7 Å². The molecule has 0 bridgehead atoms. The second-order valence-electron chi connectivity index (χ2n) is 4.23. The largest absolute Gasteiger partial charge is 0.478 e. The van der Waals surface area contributed by atoms with Crippen molar-refractivity contribution in [3.63, 3.8) is 0 Å². The fraction of sp³-hybridized carbons (Fsp3) is 0.333. The van der Waals surface area contributed by atoms with Gasteiger partial charge < -0.3 is 10.0 Å². The molecule has 1 atom stereocenters. The lowest BCUT2D eigenvalue weighted by Gasteiger charge is -2.18. The van der Waals surface area contributed by atoms with E-state index in [-0.39, 0.29) is 22.4 Å². The van der Waals surface area contributed by atoms with E-state index in [1.807, 2.05) is 0 Å². The van der Waals surface area contributed by atoms with Gasteiger partial charge in [-0.05, 0) is 29.9 Å². The molecular formula is C12H12ClNO3S. The van der Waals surface area contributed by atoms with Gasteiger partial charge in [-0.15, -0.1) is 0 Å². The molecule has 1 aromatic rings. The molecule has 1 aromatic carbocycles. The molecule has 1 saturated heterocycles. The second kappa shape index (κ2) is 5.20. The molecule has 4 nitrogen and oxygen atoms in total. The van der Waals surface area contributed by atoms with E-state index in [1.54, 1.807) is 11.0 Å². The SMILES string of the molecule is O=C(O)c1ccc(N2CC(CS)CC2=O)c(Cl)c1. The van der Waals surface area contributed by atoms with Crippen LogP contribution in [0.2, 0.25) is 5.02 Å². The topological polar surface area (TPSA) is 57.6 Å². The highest BCUT2D eigenvalue weighted by atomic mass is 35.5. The van der Waals surface area contributed by atoms with Gasteiger partial charge in [0, 0.05) is 13.0 Å². The Balaban J connectivity index is 2.29. The summed E-state index contributed by atoms with van der Waals surface area (Å²) >= 11 is 10.2. The second-order valence-corrected chi connectivity index (χ2v) is 5.00. The Morgan fingerprint density at radius 1 is 1.56 bits per heavy atom. The van der Waals surface area contributed by atoms with E-state index in [9.17, 15) is 9.59 Å². The number of carboxylic acids is 1. The molecule has 0 radical (unpaired) electrons. The third-order valence-electron chi connectivity index (χ3n) is 2.95. The summed E-state index contributed by atoms with van der Waals surface area (Å²) in [6.07, 6.45) is 0.459. The van der Waals surface area contributed by atoms with Crippen LogP contribution in [0.1, 0.15) is 16.8 Å². The first kappa shape index (κ1) is 13.2. The van der Waals surface area contributed by atoms with Gasteiger partial charge in [0.25, 0.3) is 0 Å². The van der Waals surface area contributed by atoms with Gasteiger partial charge >= 0.3 is 5.97 Å². The number of rotatable bonds is 3. The number of halogens is 1. The number of aromatic carboxylic acids is 1. The Bertz CT molecular complexity index is 506. The molecule has 1 unspecified atom stereocenters. The van der Waals surface area contributed by atoms with Crippen LogP contribution in [0.4, 0.5) is 5.69 Å². The molecule has 96 valence electrons. The van der Waals surface area contributed by atoms with Crippen LogP contribution in [0, 0.1) is 5.92 Å². The molecule has 1 N–H and O–H groups in total. The number of nitrogens with zero attached hydrogens (tertiary/aromatic N) is 1. The first-order chi connectivity index (χ1) is 8.52. The summed E-state index contributed by atoms with van der Waals surface area (Å²) in [5.74, 6) is -0.174. The predicted molar refractivity (Wildman–Crippen MR) is 72.7 cm³/mol. The van der Waals surface area contributed by atoms with Crippen molar-refractivity contribution in [1.29, 1.82) is 0 Å². The quantitative estimate of drug-likeness (QED) is 0.838. The van der Waals surface area contributed by atoms with Crippen molar-refractivity contribution in [3.05, 3.63) is 28.8 Å². The minimum Gasteiger partial charge on any atom is -0.478 e. The van der Waals surface area contributed by atoms with Gasteiger partial charge in [-0.2, -0.15) is 12.6 Å². The van der Waals surface area contributed by atoms with Crippen LogP contribution in [-0.2, 0) is 4.79 Å². The Labute approximate surface area is 115 Å². The van der Waals surface area contributed by atoms with E-state index in [1.165, 1.54) is 12.1 Å². The molecular weight excluding hydrogens is 274 g/mol. The van der Waals surface area contributed by atoms with Crippen LogP contribution in [0.25, 0.3) is 0 Å². The zero-order chi connectivity index (χ0) is 13.3. The van der Waals surface area contributed by atoms with Gasteiger partial charge in [-0.25, -0.2) is 4.79 Å². The van der Waals surface area contributed by atoms with E-state index in [0.717, 1.165) is 0 Å². The minimum atomic E-state index is -1.04. The number of hydrogen-bond donors (Lipinski definition) is 2. The molecule has 0 saturated carbocycles. The van der Waals surface area contributed by atoms with Crippen molar-refractivity contribution >= 4 is 41.8 Å². The van der Waals surface area contributed by atoms with Crippen LogP contribution >= 0.6 is 24.2 Å². The van der Waals surface area contributed by atoms with E-state index in [0.29, 0.717) is 24.4 Å². The Morgan fingerprint density at radius 3 is 2.78 bits per heavy atom. The summed E-state index contributed by atoms with van der Waals surface area (Å²) in [5, 5.41) is 9.13. The van der Waals surface area contributed by atoms with Crippen LogP contribution < -0.4 is 4.90 Å². The number of hydrogen-bond acceptors (Lipinski definition) is 3. The van der Waals surface area contributed by atoms with Crippen molar-refractivity contribution in [3.8, 4) is 0 Å². The average Bonchev–Trinajstić information content (AvgIpc) is 2.70.